The summed E-state index contributed by atoms with van der Waals surface area (Å²) in [5, 5.41) is 8.35. The SMILES string of the molecule is O=C(O)C=C1CCCCC1=O. The maximum atomic E-state index is 11.0. The van der Waals surface area contributed by atoms with Gasteiger partial charge in [0.15, 0.2) is 5.78 Å². The zero-order valence-electron chi connectivity index (χ0n) is 6.17. The summed E-state index contributed by atoms with van der Waals surface area (Å²) in [6.07, 6.45) is 4.01. The smallest absolute Gasteiger partial charge is 0.328 e. The molecule has 1 fully saturated rings. The molecule has 0 heterocycles. The topological polar surface area (TPSA) is 54.4 Å². The predicted octanol–water partition coefficient (Wildman–Crippen LogP) is 1.14. The lowest BCUT2D eigenvalue weighted by atomic mass is 9.93. The summed E-state index contributed by atoms with van der Waals surface area (Å²) >= 11 is 0. The standard InChI is InChI=1S/C8H10O3/c9-7-4-2-1-3-6(7)5-8(10)11/h5H,1-4H2,(H,10,11). The molecule has 0 saturated heterocycles. The highest BCUT2D eigenvalue weighted by molar-refractivity contribution is 6.00. The second kappa shape index (κ2) is 3.32. The molecule has 0 radical (unpaired) electrons. The van der Waals surface area contributed by atoms with Gasteiger partial charge < -0.3 is 5.11 Å². The zero-order valence-corrected chi connectivity index (χ0v) is 6.17. The molecule has 0 atom stereocenters. The molecule has 1 rings (SSSR count). The second-order valence-corrected chi connectivity index (χ2v) is 2.64. The maximum Gasteiger partial charge on any atom is 0.328 e. The van der Waals surface area contributed by atoms with E-state index in [4.69, 9.17) is 5.11 Å². The van der Waals surface area contributed by atoms with Gasteiger partial charge in [0, 0.05) is 18.1 Å². The lowest BCUT2D eigenvalue weighted by molar-refractivity contribution is -0.131. The average molecular weight is 154 g/mol. The fourth-order valence-corrected chi connectivity index (χ4v) is 1.20. The first kappa shape index (κ1) is 7.98. The van der Waals surface area contributed by atoms with Crippen molar-refractivity contribution in [3.63, 3.8) is 0 Å². The average Bonchev–Trinajstić information content (AvgIpc) is 1.93. The van der Waals surface area contributed by atoms with Gasteiger partial charge in [0.2, 0.25) is 0 Å². The molecule has 1 aliphatic carbocycles. The van der Waals surface area contributed by atoms with Crippen molar-refractivity contribution < 1.29 is 14.7 Å². The predicted molar refractivity (Wildman–Crippen MR) is 39.2 cm³/mol. The number of carboxylic acid groups (broad SMARTS) is 1. The van der Waals surface area contributed by atoms with Gasteiger partial charge in [-0.3, -0.25) is 4.79 Å². The van der Waals surface area contributed by atoms with Crippen LogP contribution < -0.4 is 0 Å². The maximum absolute atomic E-state index is 11.0. The Hall–Kier alpha value is -1.12. The molecular formula is C8H10O3. The van der Waals surface area contributed by atoms with E-state index in [-0.39, 0.29) is 5.78 Å². The van der Waals surface area contributed by atoms with E-state index in [1.807, 2.05) is 0 Å². The Kier molecular flexibility index (Phi) is 2.41. The van der Waals surface area contributed by atoms with Gasteiger partial charge in [-0.05, 0) is 19.3 Å². The molecule has 0 aromatic heterocycles. The van der Waals surface area contributed by atoms with Gasteiger partial charge in [0.05, 0.1) is 0 Å². The Labute approximate surface area is 64.7 Å². The Morgan fingerprint density at radius 1 is 1.36 bits per heavy atom. The van der Waals surface area contributed by atoms with Crippen molar-refractivity contribution in [2.75, 3.05) is 0 Å². The van der Waals surface area contributed by atoms with E-state index >= 15 is 0 Å². The quantitative estimate of drug-likeness (QED) is 0.576. The van der Waals surface area contributed by atoms with E-state index in [0.29, 0.717) is 18.4 Å². The van der Waals surface area contributed by atoms with Crippen molar-refractivity contribution >= 4 is 11.8 Å². The molecule has 1 aliphatic rings. The van der Waals surface area contributed by atoms with Crippen LogP contribution in [0.4, 0.5) is 0 Å². The van der Waals surface area contributed by atoms with Gasteiger partial charge >= 0.3 is 5.97 Å². The number of ketones is 1. The summed E-state index contributed by atoms with van der Waals surface area (Å²) in [6, 6.07) is 0. The van der Waals surface area contributed by atoms with Crippen LogP contribution in [-0.2, 0) is 9.59 Å². The fourth-order valence-electron chi connectivity index (χ4n) is 1.20. The molecule has 1 saturated carbocycles. The Balaban J connectivity index is 2.68. The molecule has 60 valence electrons. The summed E-state index contributed by atoms with van der Waals surface area (Å²) in [5.74, 6) is -1.02. The third-order valence-corrected chi connectivity index (χ3v) is 1.76. The molecule has 3 heteroatoms. The van der Waals surface area contributed by atoms with E-state index in [1.54, 1.807) is 0 Å². The van der Waals surface area contributed by atoms with E-state index in [2.05, 4.69) is 0 Å². The van der Waals surface area contributed by atoms with Gasteiger partial charge in [-0.15, -0.1) is 0 Å². The van der Waals surface area contributed by atoms with Crippen molar-refractivity contribution in [2.24, 2.45) is 0 Å². The van der Waals surface area contributed by atoms with Gasteiger partial charge in [0.1, 0.15) is 0 Å². The minimum atomic E-state index is -1.02. The first-order chi connectivity index (χ1) is 5.20. The molecule has 0 unspecified atom stereocenters. The lowest BCUT2D eigenvalue weighted by Crippen LogP contribution is -2.09. The molecule has 0 aliphatic heterocycles. The van der Waals surface area contributed by atoms with Gasteiger partial charge in [-0.1, -0.05) is 0 Å². The van der Waals surface area contributed by atoms with Crippen LogP contribution in [-0.4, -0.2) is 16.9 Å². The molecule has 11 heavy (non-hydrogen) atoms. The van der Waals surface area contributed by atoms with Crippen LogP contribution in [0.3, 0.4) is 0 Å². The number of hydrogen-bond acceptors (Lipinski definition) is 2. The Bertz CT molecular complexity index is 215. The highest BCUT2D eigenvalue weighted by Crippen LogP contribution is 2.19. The number of aliphatic carboxylic acids is 1. The van der Waals surface area contributed by atoms with Crippen molar-refractivity contribution in [1.82, 2.24) is 0 Å². The van der Waals surface area contributed by atoms with Gasteiger partial charge in [0.25, 0.3) is 0 Å². The molecule has 0 bridgehead atoms. The van der Waals surface area contributed by atoms with Crippen molar-refractivity contribution in [1.29, 1.82) is 0 Å². The summed E-state index contributed by atoms with van der Waals surface area (Å²) in [5.41, 5.74) is 0.476. The summed E-state index contributed by atoms with van der Waals surface area (Å²) < 4.78 is 0. The second-order valence-electron chi connectivity index (χ2n) is 2.64. The largest absolute Gasteiger partial charge is 0.478 e. The van der Waals surface area contributed by atoms with E-state index < -0.39 is 5.97 Å². The van der Waals surface area contributed by atoms with E-state index in [9.17, 15) is 9.59 Å². The number of hydrogen-bond donors (Lipinski definition) is 1. The van der Waals surface area contributed by atoms with Crippen molar-refractivity contribution in [2.45, 2.75) is 25.7 Å². The molecule has 1 N–H and O–H groups in total. The number of carboxylic acids is 1. The highest BCUT2D eigenvalue weighted by Gasteiger charge is 2.15. The molecular weight excluding hydrogens is 144 g/mol. The third-order valence-electron chi connectivity index (χ3n) is 1.76. The molecule has 3 nitrogen and oxygen atoms in total. The highest BCUT2D eigenvalue weighted by atomic mass is 16.4. The first-order valence-corrected chi connectivity index (χ1v) is 3.67. The summed E-state index contributed by atoms with van der Waals surface area (Å²) in [7, 11) is 0. The number of carbonyl (C=O) groups excluding carboxylic acids is 1. The van der Waals surface area contributed by atoms with Crippen molar-refractivity contribution in [3.8, 4) is 0 Å². The number of carbonyl (C=O) groups is 2. The normalized spacial score (nSPS) is 22.2. The van der Waals surface area contributed by atoms with E-state index in [1.165, 1.54) is 0 Å². The molecule has 0 aromatic rings. The Morgan fingerprint density at radius 2 is 2.00 bits per heavy atom. The summed E-state index contributed by atoms with van der Waals surface area (Å²) in [4.78, 5) is 21.2. The lowest BCUT2D eigenvalue weighted by Gasteiger charge is -2.10. The summed E-state index contributed by atoms with van der Waals surface area (Å²) in [6.45, 7) is 0. The molecule has 0 spiro atoms. The minimum Gasteiger partial charge on any atom is -0.478 e. The molecule has 0 amide bonds. The number of allylic oxidation sites excluding steroid dienone is 1. The van der Waals surface area contributed by atoms with Crippen LogP contribution in [0.15, 0.2) is 11.6 Å². The Morgan fingerprint density at radius 3 is 2.55 bits per heavy atom. The van der Waals surface area contributed by atoms with Crippen molar-refractivity contribution in [3.05, 3.63) is 11.6 Å². The van der Waals surface area contributed by atoms with Crippen LogP contribution in [0.25, 0.3) is 0 Å². The van der Waals surface area contributed by atoms with E-state index in [0.717, 1.165) is 18.9 Å². The van der Waals surface area contributed by atoms with Crippen LogP contribution in [0, 0.1) is 0 Å². The molecule has 0 aromatic carbocycles. The zero-order chi connectivity index (χ0) is 8.27. The monoisotopic (exact) mass is 154 g/mol. The first-order valence-electron chi connectivity index (χ1n) is 3.67. The number of Topliss-reactive ketones (excluding diaryl/α,β-unsaturated/α-hetero) is 1. The third kappa shape index (κ3) is 2.18. The van der Waals surface area contributed by atoms with Crippen LogP contribution >= 0.6 is 0 Å². The van der Waals surface area contributed by atoms with Gasteiger partial charge in [-0.2, -0.15) is 0 Å². The van der Waals surface area contributed by atoms with Crippen LogP contribution in [0.2, 0.25) is 0 Å². The van der Waals surface area contributed by atoms with Crippen LogP contribution in [0.5, 0.6) is 0 Å². The van der Waals surface area contributed by atoms with Crippen LogP contribution in [0.1, 0.15) is 25.7 Å². The van der Waals surface area contributed by atoms with Gasteiger partial charge in [-0.25, -0.2) is 4.79 Å². The fraction of sp³-hybridized carbons (Fsp3) is 0.500. The minimum absolute atomic E-state index is 0.00125. The number of rotatable bonds is 1.